The minimum absolute atomic E-state index is 0.269. The highest BCUT2D eigenvalue weighted by Crippen LogP contribution is 2.36. The lowest BCUT2D eigenvalue weighted by atomic mass is 10.2. The number of allylic oxidation sites excluding steroid dienone is 2. The SMILES string of the molecule is C=C/C(C)=C/O[Si](C)(C)C(C)(C)C. The van der Waals surface area contributed by atoms with Crippen LogP contribution in [-0.4, -0.2) is 8.32 Å². The maximum atomic E-state index is 5.85. The van der Waals surface area contributed by atoms with Crippen molar-refractivity contribution in [3.05, 3.63) is 24.5 Å². The van der Waals surface area contributed by atoms with Gasteiger partial charge in [0.2, 0.25) is 8.32 Å². The first kappa shape index (κ1) is 12.5. The zero-order chi connectivity index (χ0) is 10.7. The van der Waals surface area contributed by atoms with Crippen LogP contribution in [0.1, 0.15) is 27.7 Å². The second kappa shape index (κ2) is 4.14. The van der Waals surface area contributed by atoms with Crippen LogP contribution in [0.3, 0.4) is 0 Å². The Labute approximate surface area is 83.6 Å². The van der Waals surface area contributed by atoms with Gasteiger partial charge >= 0.3 is 0 Å². The molecule has 0 aliphatic carbocycles. The van der Waals surface area contributed by atoms with Crippen molar-refractivity contribution in [2.45, 2.75) is 45.8 Å². The summed E-state index contributed by atoms with van der Waals surface area (Å²) in [6.07, 6.45) is 3.65. The van der Waals surface area contributed by atoms with Crippen molar-refractivity contribution in [1.82, 2.24) is 0 Å². The molecule has 0 aliphatic heterocycles. The molecule has 0 bridgehead atoms. The van der Waals surface area contributed by atoms with Gasteiger partial charge in [-0.2, -0.15) is 0 Å². The summed E-state index contributed by atoms with van der Waals surface area (Å²) >= 11 is 0. The van der Waals surface area contributed by atoms with E-state index in [0.29, 0.717) is 0 Å². The Hall–Kier alpha value is -0.503. The molecule has 0 saturated carbocycles. The van der Waals surface area contributed by atoms with Gasteiger partial charge in [0.1, 0.15) is 0 Å². The molecule has 0 radical (unpaired) electrons. The highest BCUT2D eigenvalue weighted by Gasteiger charge is 2.37. The molecule has 0 aliphatic rings. The van der Waals surface area contributed by atoms with E-state index in [-0.39, 0.29) is 5.04 Å². The van der Waals surface area contributed by atoms with Crippen molar-refractivity contribution in [2.75, 3.05) is 0 Å². The number of rotatable bonds is 3. The average Bonchev–Trinajstić information content (AvgIpc) is 1.98. The van der Waals surface area contributed by atoms with E-state index in [9.17, 15) is 0 Å². The molecule has 13 heavy (non-hydrogen) atoms. The number of hydrogen-bond donors (Lipinski definition) is 0. The molecule has 76 valence electrons. The van der Waals surface area contributed by atoms with E-state index in [4.69, 9.17) is 4.43 Å². The van der Waals surface area contributed by atoms with Crippen molar-refractivity contribution in [2.24, 2.45) is 0 Å². The summed E-state index contributed by atoms with van der Waals surface area (Å²) in [7, 11) is -1.61. The topological polar surface area (TPSA) is 9.23 Å². The molecule has 0 aromatic carbocycles. The Bertz CT molecular complexity index is 209. The lowest BCUT2D eigenvalue weighted by Gasteiger charge is -2.35. The monoisotopic (exact) mass is 198 g/mol. The summed E-state index contributed by atoms with van der Waals surface area (Å²) in [6, 6.07) is 0. The van der Waals surface area contributed by atoms with Gasteiger partial charge < -0.3 is 4.43 Å². The second-order valence-electron chi connectivity index (χ2n) is 4.94. The van der Waals surface area contributed by atoms with Crippen LogP contribution in [0.4, 0.5) is 0 Å². The molecule has 0 saturated heterocycles. The Morgan fingerprint density at radius 1 is 1.31 bits per heavy atom. The highest BCUT2D eigenvalue weighted by molar-refractivity contribution is 6.74. The Morgan fingerprint density at radius 3 is 2.08 bits per heavy atom. The highest BCUT2D eigenvalue weighted by atomic mass is 28.4. The van der Waals surface area contributed by atoms with Gasteiger partial charge in [0.25, 0.3) is 0 Å². The third kappa shape index (κ3) is 3.81. The Kier molecular flexibility index (Phi) is 3.98. The quantitative estimate of drug-likeness (QED) is 0.377. The van der Waals surface area contributed by atoms with Crippen LogP contribution < -0.4 is 0 Å². The van der Waals surface area contributed by atoms with Gasteiger partial charge in [0.05, 0.1) is 6.26 Å². The zero-order valence-electron chi connectivity index (χ0n) is 9.77. The summed E-state index contributed by atoms with van der Waals surface area (Å²) in [5.74, 6) is 0. The minimum Gasteiger partial charge on any atom is -0.549 e. The van der Waals surface area contributed by atoms with E-state index < -0.39 is 8.32 Å². The van der Waals surface area contributed by atoms with Gasteiger partial charge in [0.15, 0.2) is 0 Å². The fourth-order valence-electron chi connectivity index (χ4n) is 0.465. The standard InChI is InChI=1S/C11H22OSi/c1-8-10(2)9-12-13(6,7)11(3,4)5/h8-9H,1H2,2-7H3/b10-9+. The second-order valence-corrected chi connectivity index (χ2v) is 9.70. The normalized spacial score (nSPS) is 14.2. The summed E-state index contributed by atoms with van der Waals surface area (Å²) in [5.41, 5.74) is 1.09. The fourth-order valence-corrected chi connectivity index (χ4v) is 1.30. The van der Waals surface area contributed by atoms with Gasteiger partial charge in [-0.25, -0.2) is 0 Å². The Morgan fingerprint density at radius 2 is 1.77 bits per heavy atom. The van der Waals surface area contributed by atoms with E-state index in [2.05, 4.69) is 40.4 Å². The first-order valence-corrected chi connectivity index (χ1v) is 7.58. The molecule has 0 N–H and O–H groups in total. The van der Waals surface area contributed by atoms with E-state index >= 15 is 0 Å². The average molecular weight is 198 g/mol. The lowest BCUT2D eigenvalue weighted by Crippen LogP contribution is -2.39. The molecule has 0 aromatic rings. The van der Waals surface area contributed by atoms with E-state index in [1.54, 1.807) is 0 Å². The molecule has 0 heterocycles. The maximum absolute atomic E-state index is 5.85. The summed E-state index contributed by atoms with van der Waals surface area (Å²) < 4.78 is 5.85. The molecule has 0 amide bonds. The fraction of sp³-hybridized carbons (Fsp3) is 0.636. The summed E-state index contributed by atoms with van der Waals surface area (Å²) in [4.78, 5) is 0. The van der Waals surface area contributed by atoms with Crippen molar-refractivity contribution in [3.63, 3.8) is 0 Å². The van der Waals surface area contributed by atoms with Gasteiger partial charge in [-0.1, -0.05) is 33.4 Å². The summed E-state index contributed by atoms with van der Waals surface area (Å²) in [5, 5.41) is 0.269. The van der Waals surface area contributed by atoms with E-state index in [1.165, 1.54) is 0 Å². The molecule has 1 nitrogen and oxygen atoms in total. The van der Waals surface area contributed by atoms with E-state index in [0.717, 1.165) is 5.57 Å². The van der Waals surface area contributed by atoms with Crippen LogP contribution in [0.15, 0.2) is 24.5 Å². The lowest BCUT2D eigenvalue weighted by molar-refractivity contribution is 0.427. The minimum atomic E-state index is -1.61. The van der Waals surface area contributed by atoms with Gasteiger partial charge in [-0.3, -0.25) is 0 Å². The van der Waals surface area contributed by atoms with Crippen LogP contribution >= 0.6 is 0 Å². The molecule has 0 fully saturated rings. The number of hydrogen-bond acceptors (Lipinski definition) is 1. The van der Waals surface area contributed by atoms with Crippen LogP contribution in [-0.2, 0) is 4.43 Å². The predicted octanol–water partition coefficient (Wildman–Crippen LogP) is 4.10. The zero-order valence-corrected chi connectivity index (χ0v) is 10.8. The van der Waals surface area contributed by atoms with Crippen LogP contribution in [0.2, 0.25) is 18.1 Å². The van der Waals surface area contributed by atoms with Crippen LogP contribution in [0.25, 0.3) is 0 Å². The van der Waals surface area contributed by atoms with E-state index in [1.807, 2.05) is 19.3 Å². The van der Waals surface area contributed by atoms with Crippen molar-refractivity contribution in [3.8, 4) is 0 Å². The van der Waals surface area contributed by atoms with Gasteiger partial charge in [-0.15, -0.1) is 0 Å². The van der Waals surface area contributed by atoms with Gasteiger partial charge in [-0.05, 0) is 30.6 Å². The van der Waals surface area contributed by atoms with Gasteiger partial charge in [0, 0.05) is 0 Å². The smallest absolute Gasteiger partial charge is 0.249 e. The molecule has 0 rings (SSSR count). The Balaban J connectivity index is 4.44. The molecule has 2 heteroatoms. The van der Waals surface area contributed by atoms with Crippen molar-refractivity contribution in [1.29, 1.82) is 0 Å². The predicted molar refractivity (Wildman–Crippen MR) is 62.2 cm³/mol. The third-order valence-corrected chi connectivity index (χ3v) is 6.99. The van der Waals surface area contributed by atoms with Crippen molar-refractivity contribution < 1.29 is 4.43 Å². The molecule has 0 spiro atoms. The molecule has 0 unspecified atom stereocenters. The van der Waals surface area contributed by atoms with Crippen molar-refractivity contribution >= 4 is 8.32 Å². The van der Waals surface area contributed by atoms with Crippen LogP contribution in [0.5, 0.6) is 0 Å². The largest absolute Gasteiger partial charge is 0.549 e. The first-order valence-electron chi connectivity index (χ1n) is 4.68. The molecular formula is C11H22OSi. The molecular weight excluding hydrogens is 176 g/mol. The first-order chi connectivity index (χ1) is 5.70. The third-order valence-electron chi connectivity index (χ3n) is 2.67. The summed E-state index contributed by atoms with van der Waals surface area (Å²) in [6.45, 7) is 16.9. The van der Waals surface area contributed by atoms with Crippen LogP contribution in [0, 0.1) is 0 Å². The maximum Gasteiger partial charge on any atom is 0.249 e. The molecule has 0 atom stereocenters. The molecule has 0 aromatic heterocycles.